The van der Waals surface area contributed by atoms with E-state index in [1.165, 1.54) is 0 Å². The summed E-state index contributed by atoms with van der Waals surface area (Å²) in [5.41, 5.74) is 3.06. The number of pyridine rings is 2. The van der Waals surface area contributed by atoms with E-state index in [9.17, 15) is 0 Å². The molecule has 4 heterocycles. The summed E-state index contributed by atoms with van der Waals surface area (Å²) in [4.78, 5) is 10.1. The van der Waals surface area contributed by atoms with Crippen LogP contribution in [-0.2, 0) is 15.9 Å². The number of rotatable bonds is 2. The van der Waals surface area contributed by atoms with E-state index in [-0.39, 0.29) is 11.5 Å². The average Bonchev–Trinajstić information content (AvgIpc) is 3.18. The Hall–Kier alpha value is -1.14. The molecule has 2 aromatic heterocycles. The minimum Gasteiger partial charge on any atom is -0.346 e. The summed E-state index contributed by atoms with van der Waals surface area (Å²) in [6.07, 6.45) is 4.19. The van der Waals surface area contributed by atoms with Crippen LogP contribution in [-0.4, -0.2) is 23.2 Å². The molecule has 0 aliphatic carbocycles. The largest absolute Gasteiger partial charge is 0.346 e. The van der Waals surface area contributed by atoms with Crippen LogP contribution in [0.3, 0.4) is 0 Å². The topological polar surface area (TPSA) is 44.2 Å². The number of thioether (sulfide) groups is 1. The van der Waals surface area contributed by atoms with Crippen LogP contribution < -0.4 is 0 Å². The van der Waals surface area contributed by atoms with Crippen molar-refractivity contribution in [2.24, 2.45) is 0 Å². The number of fused-ring (bicyclic) bond motifs is 1. The maximum atomic E-state index is 6.22. The van der Waals surface area contributed by atoms with Crippen molar-refractivity contribution in [3.63, 3.8) is 0 Å². The van der Waals surface area contributed by atoms with Crippen molar-refractivity contribution in [1.82, 2.24) is 9.97 Å². The molecular weight excluding hydrogens is 308 g/mol. The quantitative estimate of drug-likeness (QED) is 0.846. The van der Waals surface area contributed by atoms with Gasteiger partial charge in [0.05, 0.1) is 34.9 Å². The molecule has 2 aliphatic heterocycles. The van der Waals surface area contributed by atoms with Crippen molar-refractivity contribution in [1.29, 1.82) is 0 Å². The van der Waals surface area contributed by atoms with Gasteiger partial charge in [-0.15, -0.1) is 11.8 Å². The molecule has 0 amide bonds. The van der Waals surface area contributed by atoms with Crippen molar-refractivity contribution < 1.29 is 9.47 Å². The molecular formula is C15H13ClN2O2S. The van der Waals surface area contributed by atoms with Gasteiger partial charge in [-0.3, -0.25) is 9.97 Å². The van der Waals surface area contributed by atoms with Crippen molar-refractivity contribution in [3.05, 3.63) is 52.6 Å². The van der Waals surface area contributed by atoms with E-state index < -0.39 is 0 Å². The maximum Gasteiger partial charge on any atom is 0.185 e. The van der Waals surface area contributed by atoms with Crippen molar-refractivity contribution in [2.75, 3.05) is 13.2 Å². The Morgan fingerprint density at radius 3 is 2.71 bits per heavy atom. The lowest BCUT2D eigenvalue weighted by molar-refractivity contribution is -0.0443. The molecule has 1 saturated heterocycles. The van der Waals surface area contributed by atoms with Gasteiger partial charge in [0.25, 0.3) is 0 Å². The summed E-state index contributed by atoms with van der Waals surface area (Å²) in [6, 6.07) is 5.90. The highest BCUT2D eigenvalue weighted by Crippen LogP contribution is 2.47. The number of hydrogen-bond acceptors (Lipinski definition) is 5. The molecule has 0 spiro atoms. The second kappa shape index (κ2) is 5.57. The summed E-state index contributed by atoms with van der Waals surface area (Å²) in [7, 11) is 0. The van der Waals surface area contributed by atoms with Crippen molar-refractivity contribution in [3.8, 4) is 0 Å². The Morgan fingerprint density at radius 2 is 2.00 bits per heavy atom. The maximum absolute atomic E-state index is 6.22. The molecule has 2 aliphatic rings. The zero-order valence-corrected chi connectivity index (χ0v) is 12.7. The second-order valence-corrected chi connectivity index (χ2v) is 6.59. The van der Waals surface area contributed by atoms with E-state index in [0.29, 0.717) is 13.2 Å². The van der Waals surface area contributed by atoms with Gasteiger partial charge in [-0.05, 0) is 12.1 Å². The molecule has 0 N–H and O–H groups in total. The van der Waals surface area contributed by atoms with Gasteiger partial charge in [-0.25, -0.2) is 0 Å². The normalized spacial score (nSPS) is 21.7. The zero-order chi connectivity index (χ0) is 14.2. The van der Waals surface area contributed by atoms with Crippen LogP contribution in [0.1, 0.15) is 28.5 Å². The third kappa shape index (κ3) is 2.55. The van der Waals surface area contributed by atoms with Gasteiger partial charge < -0.3 is 9.47 Å². The number of hydrogen-bond donors (Lipinski definition) is 0. The number of ether oxygens (including phenoxy) is 2. The first kappa shape index (κ1) is 13.5. The fraction of sp³-hybridized carbons (Fsp3) is 0.333. The van der Waals surface area contributed by atoms with Crippen molar-refractivity contribution >= 4 is 23.4 Å². The van der Waals surface area contributed by atoms with Gasteiger partial charge in [-0.1, -0.05) is 17.7 Å². The first-order valence-electron chi connectivity index (χ1n) is 6.80. The van der Waals surface area contributed by atoms with Gasteiger partial charge in [-0.2, -0.15) is 0 Å². The Kier molecular flexibility index (Phi) is 3.59. The van der Waals surface area contributed by atoms with Gasteiger partial charge in [0, 0.05) is 29.3 Å². The van der Waals surface area contributed by atoms with Gasteiger partial charge >= 0.3 is 0 Å². The fourth-order valence-corrected chi connectivity index (χ4v) is 4.09. The molecule has 1 unspecified atom stereocenters. The Morgan fingerprint density at radius 1 is 1.14 bits per heavy atom. The first-order chi connectivity index (χ1) is 10.3. The SMILES string of the molecule is Clc1ccnc2c1SC(c1ccc(C3OCCO3)cn1)C2. The molecule has 1 atom stereocenters. The minimum absolute atomic E-state index is 0.268. The molecule has 108 valence electrons. The highest BCUT2D eigenvalue weighted by Gasteiger charge is 2.28. The van der Waals surface area contributed by atoms with Gasteiger partial charge in [0.2, 0.25) is 0 Å². The minimum atomic E-state index is -0.268. The fourth-order valence-electron chi connectivity index (χ4n) is 2.56. The number of nitrogens with zero attached hydrogens (tertiary/aromatic N) is 2. The smallest absolute Gasteiger partial charge is 0.185 e. The lowest BCUT2D eigenvalue weighted by Crippen LogP contribution is -2.02. The standard InChI is InChI=1S/C15H13ClN2O2S/c16-10-3-4-17-12-7-13(21-14(10)12)11-2-1-9(8-18-11)15-19-5-6-20-15/h1-4,8,13,15H,5-7H2. The van der Waals surface area contributed by atoms with E-state index >= 15 is 0 Å². The highest BCUT2D eigenvalue weighted by atomic mass is 35.5. The van der Waals surface area contributed by atoms with E-state index in [0.717, 1.165) is 33.3 Å². The summed E-state index contributed by atoms with van der Waals surface area (Å²) < 4.78 is 11.0. The third-order valence-corrected chi connectivity index (χ3v) is 5.41. The van der Waals surface area contributed by atoms with Gasteiger partial charge in [0.1, 0.15) is 0 Å². The molecule has 4 rings (SSSR count). The van der Waals surface area contributed by atoms with E-state index in [2.05, 4.69) is 9.97 Å². The van der Waals surface area contributed by atoms with Crippen LogP contribution in [0.4, 0.5) is 0 Å². The van der Waals surface area contributed by atoms with Crippen LogP contribution in [0.25, 0.3) is 0 Å². The zero-order valence-electron chi connectivity index (χ0n) is 11.2. The Bertz CT molecular complexity index is 659. The predicted octanol–water partition coefficient (Wildman–Crippen LogP) is 3.56. The lowest BCUT2D eigenvalue weighted by Gasteiger charge is -2.11. The van der Waals surface area contributed by atoms with Crippen LogP contribution in [0.15, 0.2) is 35.5 Å². The first-order valence-corrected chi connectivity index (χ1v) is 8.06. The summed E-state index contributed by atoms with van der Waals surface area (Å²) in [6.45, 7) is 1.29. The predicted molar refractivity (Wildman–Crippen MR) is 80.4 cm³/mol. The van der Waals surface area contributed by atoms with Gasteiger partial charge in [0.15, 0.2) is 6.29 Å². The molecule has 6 heteroatoms. The number of aromatic nitrogens is 2. The van der Waals surface area contributed by atoms with E-state index in [1.54, 1.807) is 18.0 Å². The highest BCUT2D eigenvalue weighted by molar-refractivity contribution is 8.00. The van der Waals surface area contributed by atoms with Crippen LogP contribution >= 0.6 is 23.4 Å². The summed E-state index contributed by atoms with van der Waals surface area (Å²) in [5, 5.41) is 1.05. The third-order valence-electron chi connectivity index (χ3n) is 3.60. The van der Waals surface area contributed by atoms with Crippen LogP contribution in [0.5, 0.6) is 0 Å². The molecule has 2 aromatic rings. The molecule has 0 bridgehead atoms. The molecule has 4 nitrogen and oxygen atoms in total. The molecule has 0 aromatic carbocycles. The summed E-state index contributed by atoms with van der Waals surface area (Å²) in [5.74, 6) is 0. The Balaban J connectivity index is 1.54. The monoisotopic (exact) mass is 320 g/mol. The van der Waals surface area contributed by atoms with Crippen LogP contribution in [0, 0.1) is 0 Å². The summed E-state index contributed by atoms with van der Waals surface area (Å²) >= 11 is 7.95. The van der Waals surface area contributed by atoms with E-state index in [4.69, 9.17) is 21.1 Å². The molecule has 0 saturated carbocycles. The van der Waals surface area contributed by atoms with Crippen LogP contribution in [0.2, 0.25) is 5.02 Å². The van der Waals surface area contributed by atoms with E-state index in [1.807, 2.05) is 24.4 Å². The molecule has 1 fully saturated rings. The number of halogens is 1. The Labute approximate surface area is 131 Å². The molecule has 21 heavy (non-hydrogen) atoms. The lowest BCUT2D eigenvalue weighted by atomic mass is 10.1. The second-order valence-electron chi connectivity index (χ2n) is 4.97. The van der Waals surface area contributed by atoms with Crippen molar-refractivity contribution in [2.45, 2.75) is 22.9 Å². The average molecular weight is 321 g/mol. The molecule has 0 radical (unpaired) electrons.